The maximum absolute atomic E-state index is 12.5. The molecule has 0 amide bonds. The minimum absolute atomic E-state index is 0.102. The van der Waals surface area contributed by atoms with E-state index in [0.717, 1.165) is 22.3 Å². The second kappa shape index (κ2) is 9.28. The van der Waals surface area contributed by atoms with Crippen molar-refractivity contribution < 1.29 is 19.0 Å². The Hall–Kier alpha value is -3.28. The maximum atomic E-state index is 12.5. The normalized spacial score (nSPS) is 10.8. The largest absolute Gasteiger partial charge is 0.494 e. The van der Waals surface area contributed by atoms with Crippen LogP contribution < -0.4 is 14.8 Å². The van der Waals surface area contributed by atoms with Gasteiger partial charge in [0.25, 0.3) is 0 Å². The number of nitrogens with zero attached hydrogens (tertiary/aromatic N) is 1. The third-order valence-electron chi connectivity index (χ3n) is 4.14. The molecule has 0 aliphatic rings. The summed E-state index contributed by atoms with van der Waals surface area (Å²) in [5.41, 5.74) is 2.58. The van der Waals surface area contributed by atoms with Crippen molar-refractivity contribution >= 4 is 28.2 Å². The van der Waals surface area contributed by atoms with Crippen molar-refractivity contribution in [1.82, 2.24) is 4.98 Å². The fourth-order valence-corrected chi connectivity index (χ4v) is 2.96. The molecular formula is C23H26N2O4. The Morgan fingerprint density at radius 2 is 1.76 bits per heavy atom. The number of anilines is 2. The number of carbonyl (C=O) groups is 1. The number of nitrogens with one attached hydrogen (secondary N) is 1. The van der Waals surface area contributed by atoms with Gasteiger partial charge < -0.3 is 19.5 Å². The third-order valence-corrected chi connectivity index (χ3v) is 4.14. The monoisotopic (exact) mass is 394 g/mol. The van der Waals surface area contributed by atoms with Gasteiger partial charge in [0, 0.05) is 17.3 Å². The number of pyridine rings is 1. The first-order valence-electron chi connectivity index (χ1n) is 9.78. The first-order chi connectivity index (χ1) is 14.0. The van der Waals surface area contributed by atoms with Crippen molar-refractivity contribution in [3.8, 4) is 11.5 Å². The van der Waals surface area contributed by atoms with Crippen LogP contribution in [0.25, 0.3) is 10.9 Å². The number of carbonyl (C=O) groups excluding carboxylic acids is 1. The lowest BCUT2D eigenvalue weighted by atomic mass is 10.1. The number of hydrogen-bond donors (Lipinski definition) is 1. The van der Waals surface area contributed by atoms with E-state index in [9.17, 15) is 4.79 Å². The molecular weight excluding hydrogens is 368 g/mol. The van der Waals surface area contributed by atoms with Gasteiger partial charge in [0.1, 0.15) is 17.1 Å². The molecule has 0 radical (unpaired) electrons. The van der Waals surface area contributed by atoms with Gasteiger partial charge in [-0.05, 0) is 70.2 Å². The summed E-state index contributed by atoms with van der Waals surface area (Å²) in [4.78, 5) is 17.0. The summed E-state index contributed by atoms with van der Waals surface area (Å²) in [5, 5.41) is 4.13. The van der Waals surface area contributed by atoms with Crippen LogP contribution in [0.1, 0.15) is 38.1 Å². The van der Waals surface area contributed by atoms with E-state index in [0.29, 0.717) is 23.6 Å². The number of fused-ring (bicyclic) bond motifs is 1. The molecule has 0 unspecified atom stereocenters. The van der Waals surface area contributed by atoms with E-state index in [1.165, 1.54) is 0 Å². The standard InChI is InChI=1S/C23H26N2O4/c1-5-27-18-11-12-21-19(13-18)22(20(14-24-21)23(26)28-6-2)25-16-7-9-17(10-8-16)29-15(3)4/h7-15H,5-6H2,1-4H3,(H,24,25). The summed E-state index contributed by atoms with van der Waals surface area (Å²) in [7, 11) is 0. The van der Waals surface area contributed by atoms with E-state index in [2.05, 4.69) is 10.3 Å². The van der Waals surface area contributed by atoms with Crippen molar-refractivity contribution in [3.63, 3.8) is 0 Å². The summed E-state index contributed by atoms with van der Waals surface area (Å²) >= 11 is 0. The molecule has 3 aromatic rings. The summed E-state index contributed by atoms with van der Waals surface area (Å²) in [6, 6.07) is 13.2. The summed E-state index contributed by atoms with van der Waals surface area (Å²) in [6.45, 7) is 8.51. The van der Waals surface area contributed by atoms with Crippen LogP contribution in [0.5, 0.6) is 11.5 Å². The van der Waals surface area contributed by atoms with Crippen molar-refractivity contribution in [3.05, 3.63) is 54.2 Å². The second-order valence-electron chi connectivity index (χ2n) is 6.70. The summed E-state index contributed by atoms with van der Waals surface area (Å²) < 4.78 is 16.6. The van der Waals surface area contributed by atoms with E-state index >= 15 is 0 Å². The lowest BCUT2D eigenvalue weighted by Gasteiger charge is -2.16. The number of benzene rings is 2. The summed E-state index contributed by atoms with van der Waals surface area (Å²) in [5.74, 6) is 1.08. The zero-order valence-corrected chi connectivity index (χ0v) is 17.2. The Morgan fingerprint density at radius 1 is 1.03 bits per heavy atom. The molecule has 6 heteroatoms. The molecule has 29 heavy (non-hydrogen) atoms. The van der Waals surface area contributed by atoms with Crippen molar-refractivity contribution in [2.45, 2.75) is 33.8 Å². The highest BCUT2D eigenvalue weighted by molar-refractivity contribution is 6.06. The van der Waals surface area contributed by atoms with Crippen molar-refractivity contribution in [2.75, 3.05) is 18.5 Å². The van der Waals surface area contributed by atoms with Gasteiger partial charge in [0.05, 0.1) is 30.5 Å². The first-order valence-corrected chi connectivity index (χ1v) is 9.78. The predicted molar refractivity (Wildman–Crippen MR) is 114 cm³/mol. The van der Waals surface area contributed by atoms with Crippen molar-refractivity contribution in [1.29, 1.82) is 0 Å². The van der Waals surface area contributed by atoms with Gasteiger partial charge in [-0.1, -0.05) is 0 Å². The van der Waals surface area contributed by atoms with Crippen molar-refractivity contribution in [2.24, 2.45) is 0 Å². The Balaban J connectivity index is 2.05. The lowest BCUT2D eigenvalue weighted by molar-refractivity contribution is 0.0527. The van der Waals surface area contributed by atoms with Crippen LogP contribution in [0.2, 0.25) is 0 Å². The first kappa shape index (κ1) is 20.5. The van der Waals surface area contributed by atoms with E-state index in [1.54, 1.807) is 13.1 Å². The van der Waals surface area contributed by atoms with Gasteiger partial charge in [0.2, 0.25) is 0 Å². The molecule has 152 valence electrons. The molecule has 6 nitrogen and oxygen atoms in total. The van der Waals surface area contributed by atoms with Gasteiger partial charge in [-0.3, -0.25) is 4.98 Å². The SMILES string of the molecule is CCOC(=O)c1cnc2ccc(OCC)cc2c1Nc1ccc(OC(C)C)cc1. The number of ether oxygens (including phenoxy) is 3. The molecule has 1 N–H and O–H groups in total. The zero-order valence-electron chi connectivity index (χ0n) is 17.2. The Kier molecular flexibility index (Phi) is 6.54. The molecule has 0 spiro atoms. The average molecular weight is 394 g/mol. The van der Waals surface area contributed by atoms with Gasteiger partial charge >= 0.3 is 5.97 Å². The highest BCUT2D eigenvalue weighted by Gasteiger charge is 2.17. The van der Waals surface area contributed by atoms with Crippen LogP contribution in [0.3, 0.4) is 0 Å². The minimum atomic E-state index is -0.425. The van der Waals surface area contributed by atoms with Gasteiger partial charge in [0.15, 0.2) is 0 Å². The second-order valence-corrected chi connectivity index (χ2v) is 6.70. The van der Waals surface area contributed by atoms with Gasteiger partial charge in [-0.15, -0.1) is 0 Å². The van der Waals surface area contributed by atoms with E-state index in [4.69, 9.17) is 14.2 Å². The van der Waals surface area contributed by atoms with E-state index in [-0.39, 0.29) is 12.7 Å². The van der Waals surface area contributed by atoms with Crippen LogP contribution in [0, 0.1) is 0 Å². The molecule has 1 aromatic heterocycles. The molecule has 0 aliphatic heterocycles. The number of rotatable bonds is 8. The summed E-state index contributed by atoms with van der Waals surface area (Å²) in [6.07, 6.45) is 1.64. The molecule has 0 aliphatic carbocycles. The van der Waals surface area contributed by atoms with Gasteiger partial charge in [-0.2, -0.15) is 0 Å². The predicted octanol–water partition coefficient (Wildman–Crippen LogP) is 5.34. The smallest absolute Gasteiger partial charge is 0.341 e. The fourth-order valence-electron chi connectivity index (χ4n) is 2.96. The minimum Gasteiger partial charge on any atom is -0.494 e. The molecule has 0 saturated carbocycles. The molecule has 0 saturated heterocycles. The van der Waals surface area contributed by atoms with E-state index < -0.39 is 5.97 Å². The van der Waals surface area contributed by atoms with Crippen LogP contribution in [0.4, 0.5) is 11.4 Å². The highest BCUT2D eigenvalue weighted by Crippen LogP contribution is 2.32. The Morgan fingerprint density at radius 3 is 2.41 bits per heavy atom. The lowest BCUT2D eigenvalue weighted by Crippen LogP contribution is -2.09. The van der Waals surface area contributed by atoms with Crippen LogP contribution >= 0.6 is 0 Å². The molecule has 2 aromatic carbocycles. The quantitative estimate of drug-likeness (QED) is 0.520. The maximum Gasteiger partial charge on any atom is 0.341 e. The molecule has 0 fully saturated rings. The number of esters is 1. The Labute approximate surface area is 170 Å². The number of hydrogen-bond acceptors (Lipinski definition) is 6. The van der Waals surface area contributed by atoms with Crippen LogP contribution in [0.15, 0.2) is 48.7 Å². The highest BCUT2D eigenvalue weighted by atomic mass is 16.5. The average Bonchev–Trinajstić information content (AvgIpc) is 2.70. The fraction of sp³-hybridized carbons (Fsp3) is 0.304. The topological polar surface area (TPSA) is 69.7 Å². The van der Waals surface area contributed by atoms with Crippen LogP contribution in [-0.4, -0.2) is 30.3 Å². The Bertz CT molecular complexity index is 984. The molecule has 3 rings (SSSR count). The van der Waals surface area contributed by atoms with E-state index in [1.807, 2.05) is 63.2 Å². The molecule has 0 bridgehead atoms. The number of aromatic nitrogens is 1. The third kappa shape index (κ3) is 4.96. The van der Waals surface area contributed by atoms with Crippen LogP contribution in [-0.2, 0) is 4.74 Å². The zero-order chi connectivity index (χ0) is 20.8. The molecule has 0 atom stereocenters. The molecule has 1 heterocycles. The van der Waals surface area contributed by atoms with Gasteiger partial charge in [-0.25, -0.2) is 4.79 Å².